The van der Waals surface area contributed by atoms with Gasteiger partial charge in [-0.25, -0.2) is 0 Å². The zero-order valence-corrected chi connectivity index (χ0v) is 39.4. The second kappa shape index (κ2) is 44.8. The van der Waals surface area contributed by atoms with E-state index in [2.05, 4.69) is 45.1 Å². The van der Waals surface area contributed by atoms with Gasteiger partial charge in [0.25, 0.3) is 0 Å². The molecule has 0 aliphatic heterocycles. The summed E-state index contributed by atoms with van der Waals surface area (Å²) in [7, 11) is 0. The number of aliphatic carboxylic acids is 1. The number of ketones is 2. The van der Waals surface area contributed by atoms with Crippen LogP contribution in [-0.2, 0) is 14.4 Å². The van der Waals surface area contributed by atoms with Crippen molar-refractivity contribution in [3.63, 3.8) is 0 Å². The van der Waals surface area contributed by atoms with E-state index in [-0.39, 0.29) is 30.8 Å². The number of carboxylic acids is 1. The fourth-order valence-corrected chi connectivity index (χ4v) is 8.50. The third kappa shape index (κ3) is 34.0. The zero-order valence-electron chi connectivity index (χ0n) is 39.4. The van der Waals surface area contributed by atoms with Crippen molar-refractivity contribution in [1.82, 2.24) is 0 Å². The molecule has 0 aromatic rings. The summed E-state index contributed by atoms with van der Waals surface area (Å²) in [5.74, 6) is -1.85. The smallest absolute Gasteiger partial charge is 0.324 e. The highest BCUT2D eigenvalue weighted by molar-refractivity contribution is 6.21. The SMILES string of the molecule is CCCCCCCC/C=C\CCCCCCCC(=O)C(CCCCCCCCCCCCCCCC)(C(=O)O)C(=O)CCCCCCC/C=C\CCCCCCCC. The first-order valence-electron chi connectivity index (χ1n) is 26.1. The normalized spacial score (nSPS) is 12.1. The number of Topliss-reactive ketones (excluding diaryl/α,β-unsaturated/α-hetero) is 2. The van der Waals surface area contributed by atoms with Crippen LogP contribution in [-0.4, -0.2) is 22.6 Å². The van der Waals surface area contributed by atoms with E-state index in [0.29, 0.717) is 19.3 Å². The molecule has 0 aliphatic carbocycles. The molecule has 4 nitrogen and oxygen atoms in total. The first kappa shape index (κ1) is 56.3. The largest absolute Gasteiger partial charge is 0.480 e. The van der Waals surface area contributed by atoms with Gasteiger partial charge in [0.05, 0.1) is 0 Å². The Kier molecular flexibility index (Phi) is 43.5. The van der Waals surface area contributed by atoms with Crippen molar-refractivity contribution in [1.29, 1.82) is 0 Å². The van der Waals surface area contributed by atoms with Crippen molar-refractivity contribution < 1.29 is 19.5 Å². The molecule has 4 heteroatoms. The van der Waals surface area contributed by atoms with Gasteiger partial charge in [0.15, 0.2) is 17.0 Å². The third-order valence-corrected chi connectivity index (χ3v) is 12.6. The van der Waals surface area contributed by atoms with Gasteiger partial charge in [-0.05, 0) is 70.6 Å². The van der Waals surface area contributed by atoms with Crippen LogP contribution < -0.4 is 0 Å². The minimum absolute atomic E-state index is 0.175. The lowest BCUT2D eigenvalue weighted by Crippen LogP contribution is -2.46. The van der Waals surface area contributed by atoms with Gasteiger partial charge in [-0.3, -0.25) is 14.4 Å². The number of carbonyl (C=O) groups is 3. The van der Waals surface area contributed by atoms with E-state index in [1.54, 1.807) is 0 Å². The Morgan fingerprint density at radius 1 is 0.328 bits per heavy atom. The lowest BCUT2D eigenvalue weighted by atomic mass is 9.72. The van der Waals surface area contributed by atoms with E-state index < -0.39 is 11.4 Å². The summed E-state index contributed by atoms with van der Waals surface area (Å²) < 4.78 is 0. The van der Waals surface area contributed by atoms with Gasteiger partial charge >= 0.3 is 5.97 Å². The fourth-order valence-electron chi connectivity index (χ4n) is 8.50. The molecule has 0 aliphatic rings. The molecule has 1 N–H and O–H groups in total. The van der Waals surface area contributed by atoms with E-state index in [0.717, 1.165) is 83.5 Å². The van der Waals surface area contributed by atoms with Crippen molar-refractivity contribution >= 4 is 17.5 Å². The molecule has 0 bridgehead atoms. The van der Waals surface area contributed by atoms with E-state index in [1.165, 1.54) is 154 Å². The van der Waals surface area contributed by atoms with E-state index >= 15 is 0 Å². The highest BCUT2D eigenvalue weighted by Crippen LogP contribution is 2.33. The maximum Gasteiger partial charge on any atom is 0.324 e. The minimum atomic E-state index is -1.85. The lowest BCUT2D eigenvalue weighted by molar-refractivity contribution is -0.160. The number of hydrogen-bond acceptors (Lipinski definition) is 3. The second-order valence-electron chi connectivity index (χ2n) is 18.1. The first-order valence-corrected chi connectivity index (χ1v) is 26.1. The molecular weight excluding hydrogens is 713 g/mol. The molecule has 0 aromatic heterocycles. The summed E-state index contributed by atoms with van der Waals surface area (Å²) in [4.78, 5) is 40.5. The third-order valence-electron chi connectivity index (χ3n) is 12.6. The van der Waals surface area contributed by atoms with Gasteiger partial charge in [-0.2, -0.15) is 0 Å². The molecular formula is C54H100O4. The topological polar surface area (TPSA) is 71.4 Å². The molecule has 0 amide bonds. The van der Waals surface area contributed by atoms with Crippen LogP contribution in [0.25, 0.3) is 0 Å². The van der Waals surface area contributed by atoms with Crippen LogP contribution >= 0.6 is 0 Å². The molecule has 0 unspecified atom stereocenters. The summed E-state index contributed by atoms with van der Waals surface area (Å²) in [6, 6.07) is 0. The lowest BCUT2D eigenvalue weighted by Gasteiger charge is -2.27. The van der Waals surface area contributed by atoms with Gasteiger partial charge < -0.3 is 5.11 Å². The molecule has 0 heterocycles. The van der Waals surface area contributed by atoms with Crippen molar-refractivity contribution in [3.05, 3.63) is 24.3 Å². The molecule has 0 spiro atoms. The van der Waals surface area contributed by atoms with E-state index in [9.17, 15) is 19.5 Å². The molecule has 0 radical (unpaired) electrons. The Hall–Kier alpha value is -1.71. The van der Waals surface area contributed by atoms with Crippen LogP contribution in [0.5, 0.6) is 0 Å². The standard InChI is InChI=1S/C54H100O4/c1-4-7-10-13-16-19-22-25-28-30-33-36-39-42-45-48-51(55)54(53(57)58,50-47-44-41-38-35-32-27-24-21-18-15-12-9-6-3)52(56)49-46-43-40-37-34-31-29-26-23-20-17-14-11-8-5-2/h25-26,28-29H,4-24,27,30-50H2,1-3H3,(H,57,58)/b28-25-,29-26-. The maximum absolute atomic E-state index is 13.8. The van der Waals surface area contributed by atoms with Gasteiger partial charge in [-0.15, -0.1) is 0 Å². The number of carbonyl (C=O) groups excluding carboxylic acids is 2. The molecule has 0 saturated heterocycles. The molecule has 0 saturated carbocycles. The Balaban J connectivity index is 4.70. The predicted molar refractivity (Wildman–Crippen MR) is 254 cm³/mol. The number of rotatable bonds is 48. The molecule has 58 heavy (non-hydrogen) atoms. The van der Waals surface area contributed by atoms with Gasteiger partial charge in [0, 0.05) is 12.8 Å². The van der Waals surface area contributed by atoms with Gasteiger partial charge in [0.1, 0.15) is 0 Å². The number of hydrogen-bond donors (Lipinski definition) is 1. The first-order chi connectivity index (χ1) is 28.5. The van der Waals surface area contributed by atoms with Crippen LogP contribution in [0.4, 0.5) is 0 Å². The van der Waals surface area contributed by atoms with Gasteiger partial charge in [-0.1, -0.05) is 238 Å². The molecule has 0 fully saturated rings. The average Bonchev–Trinajstić information content (AvgIpc) is 3.22. The summed E-state index contributed by atoms with van der Waals surface area (Å²) >= 11 is 0. The van der Waals surface area contributed by atoms with Crippen LogP contribution in [0.1, 0.15) is 297 Å². The Morgan fingerprint density at radius 2 is 0.552 bits per heavy atom. The number of allylic oxidation sites excluding steroid dienone is 4. The molecule has 0 atom stereocenters. The average molecular weight is 813 g/mol. The highest BCUT2D eigenvalue weighted by Gasteiger charge is 2.50. The zero-order chi connectivity index (χ0) is 42.5. The Labute approximate surface area is 362 Å². The van der Waals surface area contributed by atoms with Crippen molar-refractivity contribution in [2.75, 3.05) is 0 Å². The molecule has 0 aromatic carbocycles. The van der Waals surface area contributed by atoms with E-state index in [1.807, 2.05) is 0 Å². The monoisotopic (exact) mass is 813 g/mol. The molecule has 0 rings (SSSR count). The summed E-state index contributed by atoms with van der Waals surface area (Å²) in [5, 5.41) is 10.6. The van der Waals surface area contributed by atoms with Crippen LogP contribution in [0.2, 0.25) is 0 Å². The second-order valence-corrected chi connectivity index (χ2v) is 18.1. The van der Waals surface area contributed by atoms with Crippen molar-refractivity contribution in [2.45, 2.75) is 297 Å². The Morgan fingerprint density at radius 3 is 0.810 bits per heavy atom. The number of carboxylic acid groups (broad SMARTS) is 1. The van der Waals surface area contributed by atoms with Crippen LogP contribution in [0, 0.1) is 5.41 Å². The molecule has 340 valence electrons. The van der Waals surface area contributed by atoms with E-state index in [4.69, 9.17) is 0 Å². The van der Waals surface area contributed by atoms with Crippen molar-refractivity contribution in [3.8, 4) is 0 Å². The predicted octanol–water partition coefficient (Wildman–Crippen LogP) is 18.1. The maximum atomic E-state index is 13.8. The summed E-state index contributed by atoms with van der Waals surface area (Å²) in [6.45, 7) is 6.79. The van der Waals surface area contributed by atoms with Crippen molar-refractivity contribution in [2.24, 2.45) is 5.41 Å². The van der Waals surface area contributed by atoms with Gasteiger partial charge in [0.2, 0.25) is 0 Å². The number of unbranched alkanes of at least 4 members (excludes halogenated alkanes) is 35. The Bertz CT molecular complexity index is 912. The fraction of sp³-hybridized carbons (Fsp3) is 0.870. The quantitative estimate of drug-likeness (QED) is 0.0377. The minimum Gasteiger partial charge on any atom is -0.480 e. The van der Waals surface area contributed by atoms with Crippen LogP contribution in [0.15, 0.2) is 24.3 Å². The highest BCUT2D eigenvalue weighted by atomic mass is 16.4. The summed E-state index contributed by atoms with van der Waals surface area (Å²) in [5.41, 5.74) is -1.85. The van der Waals surface area contributed by atoms with Crippen LogP contribution in [0.3, 0.4) is 0 Å². The summed E-state index contributed by atoms with van der Waals surface area (Å²) in [6.07, 6.45) is 57.6.